The Kier molecular flexibility index (Phi) is 9.51. The molecule has 5 heterocycles. The number of hydrogen-bond acceptors (Lipinski definition) is 1. The number of allylic oxidation sites excluding steroid dienone is 1. The highest BCUT2D eigenvalue weighted by molar-refractivity contribution is 6.88. The third kappa shape index (κ3) is 6.39. The fraction of sp³-hybridized carbons (Fsp3) is 0.180. The number of fused-ring (bicyclic) bond motifs is 15. The van der Waals surface area contributed by atoms with Crippen LogP contribution in [0.4, 0.5) is 0 Å². The molecule has 4 nitrogen and oxygen atoms in total. The minimum absolute atomic E-state index is 0.161. The Balaban J connectivity index is 1.22. The first kappa shape index (κ1) is 40.4. The van der Waals surface area contributed by atoms with Crippen LogP contribution in [0.5, 0.6) is 0 Å². The average molecular weight is 874 g/mol. The number of imidazole rings is 1. The summed E-state index contributed by atoms with van der Waals surface area (Å²) in [6.07, 6.45) is 5.16. The predicted octanol–water partition coefficient (Wildman–Crippen LogP) is 14.6. The molecule has 322 valence electrons. The van der Waals surface area contributed by atoms with Crippen molar-refractivity contribution in [2.75, 3.05) is 0 Å². The molecule has 2 atom stereocenters. The molecule has 0 N–H and O–H groups in total. The van der Waals surface area contributed by atoms with Crippen LogP contribution in [-0.4, -0.2) is 12.6 Å². The minimum Gasteiger partial charge on any atom is -0.455 e. The molecule has 0 aliphatic carbocycles. The van der Waals surface area contributed by atoms with Gasteiger partial charge in [0.25, 0.3) is 0 Å². The monoisotopic (exact) mass is 873 g/mol. The zero-order valence-corrected chi connectivity index (χ0v) is 39.6. The SMILES string of the molecule is C=C1CC2C(CCc3ccc4c(oc5ccccc54)c3-c3n(-c4c(-c5ccccc5)cc(-c5ccccc5)cc4C(C)C)c4ccccc4[n+]31)c1ccccc1-c1ccc([Si](C)(C)C)c[n+]12. The van der Waals surface area contributed by atoms with Crippen molar-refractivity contribution in [3.8, 4) is 50.6 Å². The first-order valence-corrected chi connectivity index (χ1v) is 27.3. The molecular formula is C61H55N3OSi+2. The van der Waals surface area contributed by atoms with E-state index in [1.807, 2.05) is 0 Å². The Bertz CT molecular complexity index is 3550. The van der Waals surface area contributed by atoms with Gasteiger partial charge in [0, 0.05) is 44.6 Å². The molecular weight excluding hydrogens is 819 g/mol. The number of benzene rings is 7. The van der Waals surface area contributed by atoms with Gasteiger partial charge in [0.05, 0.1) is 14.5 Å². The predicted molar refractivity (Wildman–Crippen MR) is 276 cm³/mol. The van der Waals surface area contributed by atoms with E-state index in [-0.39, 0.29) is 17.9 Å². The second-order valence-corrected chi connectivity index (χ2v) is 25.0. The zero-order chi connectivity index (χ0) is 44.8. The number of rotatable bonds is 5. The molecule has 0 bridgehead atoms. The zero-order valence-electron chi connectivity index (χ0n) is 38.6. The Morgan fingerprint density at radius 1 is 0.682 bits per heavy atom. The maximum Gasteiger partial charge on any atom is 0.304 e. The molecule has 0 spiro atoms. The molecule has 2 aliphatic rings. The summed E-state index contributed by atoms with van der Waals surface area (Å²) in [5.41, 5.74) is 18.9. The number of nitrogens with zero attached hydrogens (tertiary/aromatic N) is 3. The minimum atomic E-state index is -1.65. The Hall–Kier alpha value is -7.08. The summed E-state index contributed by atoms with van der Waals surface area (Å²) in [6.45, 7) is 17.3. The molecule has 0 amide bonds. The quantitative estimate of drug-likeness (QED) is 0.125. The summed E-state index contributed by atoms with van der Waals surface area (Å²) < 4.78 is 14.9. The highest BCUT2D eigenvalue weighted by Gasteiger charge is 2.45. The highest BCUT2D eigenvalue weighted by atomic mass is 28.3. The van der Waals surface area contributed by atoms with Crippen molar-refractivity contribution in [3.05, 3.63) is 199 Å². The van der Waals surface area contributed by atoms with Crippen LogP contribution < -0.4 is 14.3 Å². The Morgan fingerprint density at radius 3 is 2.18 bits per heavy atom. The first-order chi connectivity index (χ1) is 32.1. The standard InChI is InChI=1S/C61H55N3OSi/c1-39(2)51-36-44(41-19-9-7-10-20-41)37-52(42-21-11-8-12-22-42)59(51)64-55-27-17-16-26-54(55)63-40(3)35-56-48(46-23-13-14-24-47(46)53-34-31-45(38-62(53)56)66(4,5)6)32-29-43-30-33-50-49-25-15-18-28-57(49)65-60(50)58(43)61(63)64/h7-28,30-31,33-34,36-39,48,56H,3,29,32,35H2,1-2,4-6H3/q+2. The van der Waals surface area contributed by atoms with Crippen molar-refractivity contribution >= 4 is 51.9 Å². The fourth-order valence-corrected chi connectivity index (χ4v) is 12.5. The van der Waals surface area contributed by atoms with Gasteiger partial charge in [-0.25, -0.2) is 0 Å². The molecule has 12 rings (SSSR count). The van der Waals surface area contributed by atoms with Gasteiger partial charge in [0.1, 0.15) is 22.5 Å². The Morgan fingerprint density at radius 2 is 1.39 bits per heavy atom. The van der Waals surface area contributed by atoms with Crippen molar-refractivity contribution in [2.24, 2.45) is 0 Å². The van der Waals surface area contributed by atoms with Crippen LogP contribution >= 0.6 is 0 Å². The van der Waals surface area contributed by atoms with E-state index >= 15 is 0 Å². The molecule has 5 heteroatoms. The third-order valence-corrected chi connectivity index (χ3v) is 16.6. The van der Waals surface area contributed by atoms with Gasteiger partial charge >= 0.3 is 5.82 Å². The summed E-state index contributed by atoms with van der Waals surface area (Å²) in [5, 5.41) is 3.74. The first-order valence-electron chi connectivity index (χ1n) is 23.8. The largest absolute Gasteiger partial charge is 0.455 e. The lowest BCUT2D eigenvalue weighted by Crippen LogP contribution is -2.53. The average Bonchev–Trinajstić information content (AvgIpc) is 3.89. The molecule has 0 saturated carbocycles. The van der Waals surface area contributed by atoms with Gasteiger partial charge in [-0.2, -0.15) is 13.7 Å². The molecule has 66 heavy (non-hydrogen) atoms. The number of aromatic nitrogens is 3. The normalized spacial score (nSPS) is 15.9. The maximum absolute atomic E-state index is 7.17. The van der Waals surface area contributed by atoms with E-state index in [1.54, 1.807) is 0 Å². The molecule has 2 aliphatic heterocycles. The molecule has 3 aromatic heterocycles. The lowest BCUT2D eigenvalue weighted by molar-refractivity contribution is -0.719. The van der Waals surface area contributed by atoms with Crippen molar-refractivity contribution in [3.63, 3.8) is 0 Å². The summed E-state index contributed by atoms with van der Waals surface area (Å²) in [5.74, 6) is 1.56. The van der Waals surface area contributed by atoms with E-state index < -0.39 is 8.07 Å². The van der Waals surface area contributed by atoms with Crippen LogP contribution in [0.3, 0.4) is 0 Å². The number of furan rings is 1. The van der Waals surface area contributed by atoms with E-state index in [2.05, 4.69) is 223 Å². The molecule has 0 saturated heterocycles. The highest BCUT2D eigenvalue weighted by Crippen LogP contribution is 2.48. The van der Waals surface area contributed by atoms with E-state index in [4.69, 9.17) is 11.0 Å². The molecule has 0 radical (unpaired) electrons. The van der Waals surface area contributed by atoms with Crippen LogP contribution in [0.25, 0.3) is 89.3 Å². The van der Waals surface area contributed by atoms with Crippen LogP contribution in [0.2, 0.25) is 19.6 Å². The van der Waals surface area contributed by atoms with E-state index in [0.29, 0.717) is 0 Å². The second-order valence-electron chi connectivity index (χ2n) is 19.9. The summed E-state index contributed by atoms with van der Waals surface area (Å²) in [7, 11) is -1.65. The number of para-hydroxylation sites is 3. The summed E-state index contributed by atoms with van der Waals surface area (Å²) in [6, 6.07) is 63.1. The van der Waals surface area contributed by atoms with Gasteiger partial charge in [-0.15, -0.1) is 0 Å². The van der Waals surface area contributed by atoms with Crippen LogP contribution in [0.15, 0.2) is 187 Å². The molecule has 0 fully saturated rings. The third-order valence-electron chi connectivity index (χ3n) is 14.6. The van der Waals surface area contributed by atoms with E-state index in [1.165, 1.54) is 61.1 Å². The van der Waals surface area contributed by atoms with Gasteiger partial charge in [0.15, 0.2) is 28.9 Å². The van der Waals surface area contributed by atoms with Crippen LogP contribution in [0.1, 0.15) is 61.3 Å². The summed E-state index contributed by atoms with van der Waals surface area (Å²) >= 11 is 0. The van der Waals surface area contributed by atoms with Crippen molar-refractivity contribution in [1.82, 2.24) is 4.57 Å². The fourth-order valence-electron chi connectivity index (χ4n) is 11.4. The molecule has 2 unspecified atom stereocenters. The maximum atomic E-state index is 7.17. The lowest BCUT2D eigenvalue weighted by Gasteiger charge is -2.32. The topological polar surface area (TPSA) is 25.8 Å². The molecule has 7 aromatic carbocycles. The van der Waals surface area contributed by atoms with E-state index in [9.17, 15) is 0 Å². The molecule has 10 aromatic rings. The van der Waals surface area contributed by atoms with Gasteiger partial charge in [-0.1, -0.05) is 167 Å². The van der Waals surface area contributed by atoms with Gasteiger partial charge in [-0.05, 0) is 83.0 Å². The van der Waals surface area contributed by atoms with Crippen molar-refractivity contribution in [1.29, 1.82) is 0 Å². The van der Waals surface area contributed by atoms with Gasteiger partial charge < -0.3 is 4.42 Å². The number of hydrogen-bond donors (Lipinski definition) is 0. The number of pyridine rings is 1. The van der Waals surface area contributed by atoms with Gasteiger partial charge in [0.2, 0.25) is 5.69 Å². The van der Waals surface area contributed by atoms with Crippen molar-refractivity contribution in [2.45, 2.75) is 70.6 Å². The Labute approximate surface area is 388 Å². The lowest BCUT2D eigenvalue weighted by atomic mass is 9.77. The van der Waals surface area contributed by atoms with Gasteiger partial charge in [-0.3, -0.25) is 0 Å². The van der Waals surface area contributed by atoms with Crippen LogP contribution in [-0.2, 0) is 6.42 Å². The second kappa shape index (κ2) is 15.5. The van der Waals surface area contributed by atoms with E-state index in [0.717, 1.165) is 69.3 Å². The number of aryl methyl sites for hydroxylation is 1. The summed E-state index contributed by atoms with van der Waals surface area (Å²) in [4.78, 5) is 0. The smallest absolute Gasteiger partial charge is 0.304 e. The van der Waals surface area contributed by atoms with Crippen LogP contribution in [0, 0.1) is 0 Å². The van der Waals surface area contributed by atoms with Crippen molar-refractivity contribution < 1.29 is 13.6 Å².